The van der Waals surface area contributed by atoms with Gasteiger partial charge in [0.05, 0.1) is 38.9 Å². The van der Waals surface area contributed by atoms with Crippen LogP contribution in [-0.2, 0) is 10.8 Å². The van der Waals surface area contributed by atoms with Crippen molar-refractivity contribution in [2.45, 2.75) is 10.8 Å². The van der Waals surface area contributed by atoms with Gasteiger partial charge in [0.1, 0.15) is 11.2 Å². The summed E-state index contributed by atoms with van der Waals surface area (Å²) in [5, 5.41) is 4.80. The molecule has 12 aromatic carbocycles. The molecule has 1 unspecified atom stereocenters. The first kappa shape index (κ1) is 41.4. The molecule has 0 bridgehead atoms. The average Bonchev–Trinajstić information content (AvgIpc) is 3.73. The number of nitrogens with zero attached hydrogens (tertiary/aromatic N) is 2. The summed E-state index contributed by atoms with van der Waals surface area (Å²) in [7, 11) is 0. The Kier molecular flexibility index (Phi) is 8.00. The molecule has 0 saturated carbocycles. The van der Waals surface area contributed by atoms with Crippen LogP contribution >= 0.6 is 0 Å². The molecular formula is C74H44N2O. The van der Waals surface area contributed by atoms with Gasteiger partial charge in [-0.25, -0.2) is 0 Å². The van der Waals surface area contributed by atoms with Crippen LogP contribution in [0.2, 0.25) is 0 Å². The lowest BCUT2D eigenvalue weighted by Gasteiger charge is -2.39. The maximum atomic E-state index is 6.29. The highest BCUT2D eigenvalue weighted by molar-refractivity contribution is 6.14. The zero-order chi connectivity index (χ0) is 50.1. The number of benzene rings is 12. The third-order valence-corrected chi connectivity index (χ3v) is 18.0. The van der Waals surface area contributed by atoms with Gasteiger partial charge in [0.15, 0.2) is 0 Å². The molecule has 1 atom stereocenters. The molecule has 2 aromatic heterocycles. The maximum absolute atomic E-state index is 6.29. The second-order valence-corrected chi connectivity index (χ2v) is 21.3. The van der Waals surface area contributed by atoms with E-state index >= 15 is 0 Å². The van der Waals surface area contributed by atoms with E-state index in [1.165, 1.54) is 105 Å². The number of hydrogen-bond acceptors (Lipinski definition) is 2. The molecule has 3 nitrogen and oxygen atoms in total. The Bertz CT molecular complexity index is 4850. The van der Waals surface area contributed by atoms with Crippen LogP contribution in [0.1, 0.15) is 44.5 Å². The van der Waals surface area contributed by atoms with E-state index in [-0.39, 0.29) is 0 Å². The van der Waals surface area contributed by atoms with Crippen molar-refractivity contribution in [3.05, 3.63) is 311 Å². The Hall–Kier alpha value is -9.96. The van der Waals surface area contributed by atoms with Crippen molar-refractivity contribution in [2.24, 2.45) is 0 Å². The quantitative estimate of drug-likeness (QED) is 0.175. The van der Waals surface area contributed by atoms with Crippen LogP contribution in [0.4, 0.5) is 17.1 Å². The summed E-state index contributed by atoms with van der Waals surface area (Å²) in [5.41, 5.74) is 28.2. The summed E-state index contributed by atoms with van der Waals surface area (Å²) in [4.78, 5) is 2.60. The number of rotatable bonds is 4. The molecule has 1 aliphatic heterocycles. The van der Waals surface area contributed by atoms with Crippen LogP contribution in [0.3, 0.4) is 0 Å². The number of aromatic nitrogens is 1. The van der Waals surface area contributed by atoms with E-state index in [2.05, 4.69) is 270 Å². The summed E-state index contributed by atoms with van der Waals surface area (Å²) < 4.78 is 8.82. The van der Waals surface area contributed by atoms with Gasteiger partial charge in [-0.2, -0.15) is 0 Å². The van der Waals surface area contributed by atoms with E-state index in [4.69, 9.17) is 4.42 Å². The zero-order valence-corrected chi connectivity index (χ0v) is 41.7. The summed E-state index contributed by atoms with van der Waals surface area (Å²) in [5.74, 6) is 0. The Labute approximate surface area is 444 Å². The lowest BCUT2D eigenvalue weighted by molar-refractivity contribution is 0.669. The summed E-state index contributed by atoms with van der Waals surface area (Å²) >= 11 is 0. The summed E-state index contributed by atoms with van der Waals surface area (Å²) in [6.07, 6.45) is 0. The fourth-order valence-corrected chi connectivity index (χ4v) is 15.2. The molecule has 14 aromatic rings. The normalized spacial score (nSPS) is 15.4. The van der Waals surface area contributed by atoms with Crippen molar-refractivity contribution in [3.8, 4) is 50.2 Å². The van der Waals surface area contributed by atoms with E-state index in [1.807, 2.05) is 6.07 Å². The number of para-hydroxylation sites is 4. The summed E-state index contributed by atoms with van der Waals surface area (Å²) in [6, 6.07) is 100. The molecule has 0 fully saturated rings. The van der Waals surface area contributed by atoms with E-state index in [0.29, 0.717) is 0 Å². The van der Waals surface area contributed by atoms with Crippen molar-refractivity contribution >= 4 is 60.8 Å². The van der Waals surface area contributed by atoms with E-state index in [0.717, 1.165) is 50.1 Å². The molecule has 0 radical (unpaired) electrons. The van der Waals surface area contributed by atoms with Crippen LogP contribution < -0.4 is 4.90 Å². The second-order valence-electron chi connectivity index (χ2n) is 21.3. The van der Waals surface area contributed by atoms with Gasteiger partial charge in [-0.15, -0.1) is 0 Å². The molecule has 2 spiro atoms. The number of fused-ring (bicyclic) bond motifs is 25. The molecule has 77 heavy (non-hydrogen) atoms. The van der Waals surface area contributed by atoms with Gasteiger partial charge in [0.2, 0.25) is 0 Å². The first-order valence-electron chi connectivity index (χ1n) is 26.8. The molecule has 3 aliphatic carbocycles. The fourth-order valence-electron chi connectivity index (χ4n) is 15.2. The minimum atomic E-state index is -0.611. The fraction of sp³-hybridized carbons (Fsp3) is 0.0270. The van der Waals surface area contributed by atoms with E-state index in [9.17, 15) is 0 Å². The maximum Gasteiger partial charge on any atom is 0.135 e. The minimum absolute atomic E-state index is 0.501. The molecule has 3 heteroatoms. The predicted molar refractivity (Wildman–Crippen MR) is 315 cm³/mol. The molecule has 0 N–H and O–H groups in total. The first-order valence-corrected chi connectivity index (χ1v) is 26.8. The average molecular weight is 977 g/mol. The summed E-state index contributed by atoms with van der Waals surface area (Å²) in [6.45, 7) is 0. The topological polar surface area (TPSA) is 21.3 Å². The van der Waals surface area contributed by atoms with E-state index in [1.54, 1.807) is 0 Å². The van der Waals surface area contributed by atoms with Gasteiger partial charge in [-0.1, -0.05) is 212 Å². The van der Waals surface area contributed by atoms with Crippen molar-refractivity contribution in [3.63, 3.8) is 0 Å². The SMILES string of the molecule is c1ccc2c(c1)-c1ccccc1C21c2ccccc2-c2c(N(c3ccc(-c4ccc5oc6ccccc6c5c4)cc3)c3cccc4c3-c3ccccc3C43c4ccccc4-n4c5ccccc5c5cccc3c54)cccc21. The Morgan fingerprint density at radius 2 is 0.779 bits per heavy atom. The molecule has 3 heterocycles. The zero-order valence-electron chi connectivity index (χ0n) is 41.7. The molecule has 0 amide bonds. The van der Waals surface area contributed by atoms with Gasteiger partial charge < -0.3 is 13.9 Å². The van der Waals surface area contributed by atoms with Gasteiger partial charge in [-0.3, -0.25) is 0 Å². The molecular weight excluding hydrogens is 933 g/mol. The van der Waals surface area contributed by atoms with Crippen molar-refractivity contribution in [1.82, 2.24) is 4.57 Å². The number of furan rings is 1. The van der Waals surface area contributed by atoms with E-state index < -0.39 is 10.8 Å². The predicted octanol–water partition coefficient (Wildman–Crippen LogP) is 18.8. The minimum Gasteiger partial charge on any atom is -0.456 e. The third-order valence-electron chi connectivity index (χ3n) is 18.0. The number of anilines is 3. The van der Waals surface area contributed by atoms with Crippen LogP contribution in [-0.4, -0.2) is 4.57 Å². The Morgan fingerprint density at radius 1 is 0.312 bits per heavy atom. The monoisotopic (exact) mass is 976 g/mol. The van der Waals surface area contributed by atoms with Gasteiger partial charge in [-0.05, 0) is 132 Å². The molecule has 356 valence electrons. The molecule has 18 rings (SSSR count). The van der Waals surface area contributed by atoms with Crippen LogP contribution in [0.15, 0.2) is 271 Å². The van der Waals surface area contributed by atoms with Gasteiger partial charge >= 0.3 is 0 Å². The first-order chi connectivity index (χ1) is 38.2. The Morgan fingerprint density at radius 3 is 1.45 bits per heavy atom. The smallest absolute Gasteiger partial charge is 0.135 e. The largest absolute Gasteiger partial charge is 0.456 e. The number of hydrogen-bond donors (Lipinski definition) is 0. The van der Waals surface area contributed by atoms with Crippen molar-refractivity contribution in [1.29, 1.82) is 0 Å². The molecule has 4 aliphatic rings. The lowest BCUT2D eigenvalue weighted by Crippen LogP contribution is -2.33. The standard InChI is InChI=1S/C74H44N2O/c1-7-25-56-48(18-1)49-19-2-8-26-57(49)73(56)58-27-9-3-22-53(58)70-61(73)30-16-35-66(70)75(47-41-38-45(39-42-47)46-40-43-69-55(44-46)51-21-6-14-37-68(51)77-69)67-36-17-31-62-71(67)54-23-4-10-28-59(54)74(62)60-29-11-13-34-65(60)76-64-33-12-5-20-50(64)52-24-15-32-63(74)72(52)76/h1-44H. The van der Waals surface area contributed by atoms with Gasteiger partial charge in [0, 0.05) is 38.4 Å². The second kappa shape index (κ2) is 14.9. The van der Waals surface area contributed by atoms with Crippen molar-refractivity contribution < 1.29 is 4.42 Å². The highest BCUT2D eigenvalue weighted by Gasteiger charge is 2.54. The lowest BCUT2D eigenvalue weighted by atomic mass is 9.65. The highest BCUT2D eigenvalue weighted by Crippen LogP contribution is 2.67. The third kappa shape index (κ3) is 5.03. The van der Waals surface area contributed by atoms with Crippen LogP contribution in [0, 0.1) is 0 Å². The Balaban J connectivity index is 0.929. The van der Waals surface area contributed by atoms with Gasteiger partial charge in [0.25, 0.3) is 0 Å². The van der Waals surface area contributed by atoms with Crippen LogP contribution in [0.25, 0.3) is 93.9 Å². The molecule has 0 saturated heterocycles. The highest BCUT2D eigenvalue weighted by atomic mass is 16.3. The van der Waals surface area contributed by atoms with Crippen molar-refractivity contribution in [2.75, 3.05) is 4.90 Å². The van der Waals surface area contributed by atoms with Crippen LogP contribution in [0.5, 0.6) is 0 Å².